The van der Waals surface area contributed by atoms with E-state index in [0.29, 0.717) is 24.2 Å². The molecule has 0 aliphatic carbocycles. The number of nitrogens with one attached hydrogen (secondary N) is 1. The highest BCUT2D eigenvalue weighted by molar-refractivity contribution is 7.11. The van der Waals surface area contributed by atoms with Gasteiger partial charge in [0.1, 0.15) is 0 Å². The van der Waals surface area contributed by atoms with Gasteiger partial charge in [-0.1, -0.05) is 0 Å². The Kier molecular flexibility index (Phi) is 4.82. The summed E-state index contributed by atoms with van der Waals surface area (Å²) >= 11 is 1.34. The maximum absolute atomic E-state index is 5.73. The molecule has 92 valence electrons. The van der Waals surface area contributed by atoms with Gasteiger partial charge in [0.05, 0.1) is 6.61 Å². The van der Waals surface area contributed by atoms with Crippen LogP contribution in [0.5, 0.6) is 5.75 Å². The number of hydrogen-bond donors (Lipinski definition) is 2. The van der Waals surface area contributed by atoms with Crippen molar-refractivity contribution >= 4 is 22.4 Å². The predicted molar refractivity (Wildman–Crippen MR) is 69.3 cm³/mol. The Bertz CT molecular complexity index is 327. The Hall–Kier alpha value is -1.01. The van der Waals surface area contributed by atoms with E-state index in [0.717, 1.165) is 11.5 Å². The third-order valence-electron chi connectivity index (χ3n) is 1.98. The molecule has 0 aliphatic heterocycles. The van der Waals surface area contributed by atoms with E-state index < -0.39 is 0 Å². The van der Waals surface area contributed by atoms with Crippen LogP contribution >= 0.6 is 11.5 Å². The van der Waals surface area contributed by atoms with Crippen LogP contribution in [0.4, 0.5) is 10.8 Å². The number of hydrogen-bond acceptors (Lipinski definition) is 6. The molecule has 1 atom stereocenters. The number of likely N-dealkylation sites (N-methyl/N-ethyl adjacent to an activating group) is 1. The van der Waals surface area contributed by atoms with Crippen LogP contribution in [0.2, 0.25) is 0 Å². The van der Waals surface area contributed by atoms with Crippen molar-refractivity contribution in [2.75, 3.05) is 38.3 Å². The number of nitrogen functional groups attached to an aromatic ring is 1. The number of nitrogens with zero attached hydrogens (tertiary/aromatic N) is 2. The first-order valence-corrected chi connectivity index (χ1v) is 6.11. The fourth-order valence-corrected chi connectivity index (χ4v) is 2.26. The highest BCUT2D eigenvalue weighted by Gasteiger charge is 2.14. The van der Waals surface area contributed by atoms with Gasteiger partial charge in [-0.05, 0) is 39.5 Å². The largest absolute Gasteiger partial charge is 0.487 e. The van der Waals surface area contributed by atoms with Gasteiger partial charge in [0.25, 0.3) is 0 Å². The van der Waals surface area contributed by atoms with Crippen molar-refractivity contribution in [2.45, 2.75) is 19.9 Å². The minimum absolute atomic E-state index is 0.328. The van der Waals surface area contributed by atoms with Gasteiger partial charge in [-0.25, -0.2) is 0 Å². The van der Waals surface area contributed by atoms with Gasteiger partial charge in [-0.2, -0.15) is 4.37 Å². The van der Waals surface area contributed by atoms with E-state index >= 15 is 0 Å². The summed E-state index contributed by atoms with van der Waals surface area (Å²) in [6.07, 6.45) is 0. The van der Waals surface area contributed by atoms with Crippen LogP contribution in [0.1, 0.15) is 13.8 Å². The fraction of sp³-hybridized carbons (Fsp3) is 0.700. The Morgan fingerprint density at radius 1 is 1.56 bits per heavy atom. The van der Waals surface area contributed by atoms with Crippen LogP contribution in [0.25, 0.3) is 0 Å². The van der Waals surface area contributed by atoms with E-state index in [1.165, 1.54) is 11.5 Å². The first-order chi connectivity index (χ1) is 7.54. The van der Waals surface area contributed by atoms with Crippen molar-refractivity contribution in [3.63, 3.8) is 0 Å². The van der Waals surface area contributed by atoms with E-state index in [9.17, 15) is 0 Å². The molecule has 6 heteroatoms. The van der Waals surface area contributed by atoms with E-state index in [1.807, 2.05) is 21.0 Å². The molecule has 16 heavy (non-hydrogen) atoms. The van der Waals surface area contributed by atoms with E-state index in [4.69, 9.17) is 10.5 Å². The number of anilines is 2. The van der Waals surface area contributed by atoms with Crippen LogP contribution in [0.3, 0.4) is 0 Å². The van der Waals surface area contributed by atoms with Crippen molar-refractivity contribution in [1.29, 1.82) is 0 Å². The van der Waals surface area contributed by atoms with Gasteiger partial charge in [-0.15, -0.1) is 0 Å². The molecule has 0 spiro atoms. The summed E-state index contributed by atoms with van der Waals surface area (Å²) in [5, 5.41) is 4.27. The SMILES string of the molecule is CCOc1c(N)nsc1NC(C)CN(C)C. The molecule has 0 aromatic carbocycles. The fourth-order valence-electron chi connectivity index (χ4n) is 1.49. The number of rotatable bonds is 6. The van der Waals surface area contributed by atoms with E-state index in [-0.39, 0.29) is 0 Å². The molecule has 0 fully saturated rings. The average Bonchev–Trinajstić information content (AvgIpc) is 2.49. The lowest BCUT2D eigenvalue weighted by Crippen LogP contribution is -2.29. The van der Waals surface area contributed by atoms with Crippen molar-refractivity contribution in [1.82, 2.24) is 9.27 Å². The number of ether oxygens (including phenoxy) is 1. The Morgan fingerprint density at radius 2 is 2.25 bits per heavy atom. The molecule has 0 saturated heterocycles. The lowest BCUT2D eigenvalue weighted by atomic mass is 10.3. The first kappa shape index (κ1) is 13.1. The van der Waals surface area contributed by atoms with E-state index in [1.54, 1.807) is 0 Å². The molecule has 0 aliphatic rings. The average molecular weight is 244 g/mol. The molecule has 1 unspecified atom stereocenters. The summed E-state index contributed by atoms with van der Waals surface area (Å²) in [5.41, 5.74) is 5.73. The molecule has 1 aromatic heterocycles. The smallest absolute Gasteiger partial charge is 0.197 e. The Labute approximate surface area is 101 Å². The molecule has 5 nitrogen and oxygen atoms in total. The number of nitrogens with two attached hydrogens (primary N) is 1. The molecule has 0 radical (unpaired) electrons. The van der Waals surface area contributed by atoms with Gasteiger partial charge in [0.2, 0.25) is 0 Å². The van der Waals surface area contributed by atoms with E-state index in [2.05, 4.69) is 21.5 Å². The zero-order chi connectivity index (χ0) is 12.1. The van der Waals surface area contributed by atoms with Gasteiger partial charge in [-0.3, -0.25) is 0 Å². The summed E-state index contributed by atoms with van der Waals surface area (Å²) in [4.78, 5) is 2.13. The third kappa shape index (κ3) is 3.53. The molecule has 1 heterocycles. The molecule has 0 amide bonds. The monoisotopic (exact) mass is 244 g/mol. The van der Waals surface area contributed by atoms with Gasteiger partial charge >= 0.3 is 0 Å². The zero-order valence-electron chi connectivity index (χ0n) is 10.3. The second kappa shape index (κ2) is 5.91. The Balaban J connectivity index is 2.65. The van der Waals surface area contributed by atoms with Gasteiger partial charge < -0.3 is 20.7 Å². The minimum atomic E-state index is 0.328. The normalized spacial score (nSPS) is 12.8. The molecule has 0 saturated carbocycles. The topological polar surface area (TPSA) is 63.4 Å². The second-order valence-corrected chi connectivity index (χ2v) is 4.74. The summed E-state index contributed by atoms with van der Waals surface area (Å²) in [6, 6.07) is 0.328. The summed E-state index contributed by atoms with van der Waals surface area (Å²) in [7, 11) is 4.09. The van der Waals surface area contributed by atoms with Gasteiger partial charge in [0, 0.05) is 12.6 Å². The lowest BCUT2D eigenvalue weighted by Gasteiger charge is -2.18. The molecule has 1 aromatic rings. The molecule has 3 N–H and O–H groups in total. The standard InChI is InChI=1S/C10H20N4OS/c1-5-15-8-9(11)13-16-10(8)12-7(2)6-14(3)4/h7,12H,5-6H2,1-4H3,(H2,11,13). The summed E-state index contributed by atoms with van der Waals surface area (Å²) in [6.45, 7) is 5.60. The minimum Gasteiger partial charge on any atom is -0.487 e. The quantitative estimate of drug-likeness (QED) is 0.793. The van der Waals surface area contributed by atoms with Crippen molar-refractivity contribution in [2.24, 2.45) is 0 Å². The summed E-state index contributed by atoms with van der Waals surface area (Å²) in [5.74, 6) is 1.14. The van der Waals surface area contributed by atoms with Crippen molar-refractivity contribution in [3.8, 4) is 5.75 Å². The van der Waals surface area contributed by atoms with Gasteiger partial charge in [0.15, 0.2) is 16.6 Å². The second-order valence-electron chi connectivity index (χ2n) is 3.97. The maximum Gasteiger partial charge on any atom is 0.197 e. The maximum atomic E-state index is 5.73. The molecular formula is C10H20N4OS. The lowest BCUT2D eigenvalue weighted by molar-refractivity contribution is 0.343. The van der Waals surface area contributed by atoms with Crippen LogP contribution in [-0.2, 0) is 0 Å². The van der Waals surface area contributed by atoms with Crippen molar-refractivity contribution in [3.05, 3.63) is 0 Å². The van der Waals surface area contributed by atoms with Crippen molar-refractivity contribution < 1.29 is 4.74 Å². The molecular weight excluding hydrogens is 224 g/mol. The third-order valence-corrected chi connectivity index (χ3v) is 2.75. The number of aromatic nitrogens is 1. The van der Waals surface area contributed by atoms with Crippen LogP contribution in [0, 0.1) is 0 Å². The van der Waals surface area contributed by atoms with Crippen LogP contribution < -0.4 is 15.8 Å². The zero-order valence-corrected chi connectivity index (χ0v) is 11.1. The molecule has 1 rings (SSSR count). The molecule has 0 bridgehead atoms. The van der Waals surface area contributed by atoms with Crippen LogP contribution in [-0.4, -0.2) is 42.6 Å². The summed E-state index contributed by atoms with van der Waals surface area (Å²) < 4.78 is 9.55. The first-order valence-electron chi connectivity index (χ1n) is 5.33. The Morgan fingerprint density at radius 3 is 2.81 bits per heavy atom. The van der Waals surface area contributed by atoms with Crippen LogP contribution in [0.15, 0.2) is 0 Å². The highest BCUT2D eigenvalue weighted by Crippen LogP contribution is 2.35. The highest BCUT2D eigenvalue weighted by atomic mass is 32.1. The predicted octanol–water partition coefficient (Wildman–Crippen LogP) is 1.49.